The molecule has 1 heterocycles. The fourth-order valence-electron chi connectivity index (χ4n) is 1.78. The van der Waals surface area contributed by atoms with E-state index >= 15 is 0 Å². The van der Waals surface area contributed by atoms with Crippen LogP contribution in [-0.2, 0) is 9.59 Å². The van der Waals surface area contributed by atoms with Crippen LogP contribution in [0.5, 0.6) is 0 Å². The molecule has 13 heavy (non-hydrogen) atoms. The number of hydrogen-bond acceptors (Lipinski definition) is 3. The summed E-state index contributed by atoms with van der Waals surface area (Å²) in [6, 6.07) is -0.869. The maximum absolute atomic E-state index is 10.8. The van der Waals surface area contributed by atoms with Gasteiger partial charge in [0.05, 0.1) is 5.92 Å². The molecule has 0 saturated carbocycles. The summed E-state index contributed by atoms with van der Waals surface area (Å²) in [6.45, 7) is 0.654. The second kappa shape index (κ2) is 3.74. The lowest BCUT2D eigenvalue weighted by Gasteiger charge is -2.33. The molecule has 2 N–H and O–H groups in total. The average molecular weight is 187 g/mol. The zero-order chi connectivity index (χ0) is 10.0. The van der Waals surface area contributed by atoms with E-state index in [1.165, 1.54) is 0 Å². The van der Waals surface area contributed by atoms with E-state index in [4.69, 9.17) is 10.2 Å². The summed E-state index contributed by atoms with van der Waals surface area (Å²) in [5, 5.41) is 17.6. The van der Waals surface area contributed by atoms with E-state index in [0.717, 1.165) is 6.42 Å². The molecule has 1 aliphatic rings. The molecule has 0 aromatic rings. The van der Waals surface area contributed by atoms with Gasteiger partial charge in [-0.25, -0.2) is 0 Å². The van der Waals surface area contributed by atoms with Crippen LogP contribution in [0.4, 0.5) is 0 Å². The minimum Gasteiger partial charge on any atom is -0.481 e. The van der Waals surface area contributed by atoms with E-state index in [-0.39, 0.29) is 0 Å². The standard InChI is InChI=1S/C8H13NO4/c1-9-4-2-3-5(7(10)11)6(9)8(12)13/h5-6H,2-4H2,1H3,(H,10,11)(H,12,13). The zero-order valence-electron chi connectivity index (χ0n) is 7.43. The van der Waals surface area contributed by atoms with Crippen molar-refractivity contribution in [3.63, 3.8) is 0 Å². The van der Waals surface area contributed by atoms with E-state index in [2.05, 4.69) is 0 Å². The minimum atomic E-state index is -1.05. The van der Waals surface area contributed by atoms with Gasteiger partial charge >= 0.3 is 11.9 Å². The molecule has 5 heteroatoms. The Bertz CT molecular complexity index is 228. The van der Waals surface area contributed by atoms with Crippen LogP contribution in [0.3, 0.4) is 0 Å². The van der Waals surface area contributed by atoms with Crippen molar-refractivity contribution >= 4 is 11.9 Å². The molecule has 2 atom stereocenters. The molecule has 2 unspecified atom stereocenters. The van der Waals surface area contributed by atoms with Gasteiger partial charge in [-0.2, -0.15) is 0 Å². The second-order valence-electron chi connectivity index (χ2n) is 3.35. The first-order valence-electron chi connectivity index (χ1n) is 4.20. The molecule has 1 fully saturated rings. The molecule has 0 spiro atoms. The Morgan fingerprint density at radius 2 is 1.92 bits per heavy atom. The number of piperidine rings is 1. The van der Waals surface area contributed by atoms with Crippen molar-refractivity contribution in [2.24, 2.45) is 5.92 Å². The van der Waals surface area contributed by atoms with E-state index in [1.807, 2.05) is 0 Å². The highest BCUT2D eigenvalue weighted by molar-refractivity contribution is 5.82. The predicted octanol–water partition coefficient (Wildman–Crippen LogP) is -0.134. The number of likely N-dealkylation sites (tertiary alicyclic amines) is 1. The van der Waals surface area contributed by atoms with Crippen molar-refractivity contribution < 1.29 is 19.8 Å². The third-order valence-electron chi connectivity index (χ3n) is 2.45. The van der Waals surface area contributed by atoms with Gasteiger partial charge in [-0.05, 0) is 26.4 Å². The number of nitrogens with zero attached hydrogens (tertiary/aromatic N) is 1. The Morgan fingerprint density at radius 1 is 1.31 bits per heavy atom. The maximum Gasteiger partial charge on any atom is 0.321 e. The summed E-state index contributed by atoms with van der Waals surface area (Å²) >= 11 is 0. The molecule has 0 amide bonds. The number of aliphatic carboxylic acids is 2. The van der Waals surface area contributed by atoms with E-state index in [9.17, 15) is 9.59 Å². The van der Waals surface area contributed by atoms with Crippen LogP contribution in [0.25, 0.3) is 0 Å². The molecule has 1 rings (SSSR count). The summed E-state index contributed by atoms with van der Waals surface area (Å²) in [4.78, 5) is 23.1. The van der Waals surface area contributed by atoms with Crippen molar-refractivity contribution in [3.05, 3.63) is 0 Å². The number of carboxylic acids is 2. The van der Waals surface area contributed by atoms with Gasteiger partial charge in [-0.15, -0.1) is 0 Å². The molecular weight excluding hydrogens is 174 g/mol. The van der Waals surface area contributed by atoms with Gasteiger partial charge in [0.25, 0.3) is 0 Å². The van der Waals surface area contributed by atoms with Gasteiger partial charge in [0.2, 0.25) is 0 Å². The summed E-state index contributed by atoms with van der Waals surface area (Å²) < 4.78 is 0. The fraction of sp³-hybridized carbons (Fsp3) is 0.750. The Labute approximate surface area is 76.0 Å². The molecular formula is C8H13NO4. The van der Waals surface area contributed by atoms with Crippen molar-refractivity contribution in [2.75, 3.05) is 13.6 Å². The number of carbonyl (C=O) groups is 2. The Kier molecular flexibility index (Phi) is 2.87. The Hall–Kier alpha value is -1.10. The van der Waals surface area contributed by atoms with Crippen molar-refractivity contribution in [2.45, 2.75) is 18.9 Å². The normalized spacial score (nSPS) is 29.9. The quantitative estimate of drug-likeness (QED) is 0.629. The third-order valence-corrected chi connectivity index (χ3v) is 2.45. The first-order valence-corrected chi connectivity index (χ1v) is 4.20. The Morgan fingerprint density at radius 3 is 2.31 bits per heavy atom. The molecule has 0 aromatic heterocycles. The van der Waals surface area contributed by atoms with Gasteiger partial charge < -0.3 is 10.2 Å². The number of carboxylic acid groups (broad SMARTS) is 2. The van der Waals surface area contributed by atoms with Gasteiger partial charge in [-0.3, -0.25) is 14.5 Å². The highest BCUT2D eigenvalue weighted by atomic mass is 16.4. The van der Waals surface area contributed by atoms with Gasteiger partial charge in [0, 0.05) is 0 Å². The smallest absolute Gasteiger partial charge is 0.321 e. The van der Waals surface area contributed by atoms with Gasteiger partial charge in [-0.1, -0.05) is 0 Å². The van der Waals surface area contributed by atoms with E-state index in [0.29, 0.717) is 13.0 Å². The first-order chi connectivity index (χ1) is 6.04. The maximum atomic E-state index is 10.8. The van der Waals surface area contributed by atoms with Crippen LogP contribution in [0.15, 0.2) is 0 Å². The number of likely N-dealkylation sites (N-methyl/N-ethyl adjacent to an activating group) is 1. The highest BCUT2D eigenvalue weighted by Crippen LogP contribution is 2.22. The zero-order valence-corrected chi connectivity index (χ0v) is 7.43. The number of rotatable bonds is 2. The summed E-state index contributed by atoms with van der Waals surface area (Å²) in [5.41, 5.74) is 0. The van der Waals surface area contributed by atoms with Gasteiger partial charge in [0.15, 0.2) is 0 Å². The monoisotopic (exact) mass is 187 g/mol. The molecule has 74 valence electrons. The summed E-state index contributed by atoms with van der Waals surface area (Å²) in [5.74, 6) is -2.83. The van der Waals surface area contributed by atoms with Crippen LogP contribution >= 0.6 is 0 Å². The SMILES string of the molecule is CN1CCCC(C(=O)O)C1C(=O)O. The van der Waals surface area contributed by atoms with Crippen LogP contribution < -0.4 is 0 Å². The van der Waals surface area contributed by atoms with Crippen LogP contribution in [0.2, 0.25) is 0 Å². The molecule has 5 nitrogen and oxygen atoms in total. The first kappa shape index (κ1) is 9.98. The second-order valence-corrected chi connectivity index (χ2v) is 3.35. The lowest BCUT2D eigenvalue weighted by Crippen LogP contribution is -2.50. The highest BCUT2D eigenvalue weighted by Gasteiger charge is 2.39. The molecule has 0 aliphatic carbocycles. The average Bonchev–Trinajstić information content (AvgIpc) is 2.02. The molecule has 0 radical (unpaired) electrons. The van der Waals surface area contributed by atoms with Crippen LogP contribution in [0.1, 0.15) is 12.8 Å². The number of hydrogen-bond donors (Lipinski definition) is 2. The van der Waals surface area contributed by atoms with Gasteiger partial charge in [0.1, 0.15) is 6.04 Å². The van der Waals surface area contributed by atoms with Crippen molar-refractivity contribution in [1.82, 2.24) is 4.90 Å². The fourth-order valence-corrected chi connectivity index (χ4v) is 1.78. The Balaban J connectivity index is 2.80. The van der Waals surface area contributed by atoms with Crippen molar-refractivity contribution in [1.29, 1.82) is 0 Å². The van der Waals surface area contributed by atoms with Crippen LogP contribution in [0, 0.1) is 5.92 Å². The summed E-state index contributed by atoms with van der Waals surface area (Å²) in [6.07, 6.45) is 1.20. The van der Waals surface area contributed by atoms with Crippen molar-refractivity contribution in [3.8, 4) is 0 Å². The largest absolute Gasteiger partial charge is 0.481 e. The molecule has 0 aromatic carbocycles. The summed E-state index contributed by atoms with van der Waals surface area (Å²) in [7, 11) is 1.65. The minimum absolute atomic E-state index is 0.455. The lowest BCUT2D eigenvalue weighted by atomic mass is 9.90. The van der Waals surface area contributed by atoms with E-state index < -0.39 is 23.9 Å². The lowest BCUT2D eigenvalue weighted by molar-refractivity contribution is -0.157. The molecule has 1 aliphatic heterocycles. The van der Waals surface area contributed by atoms with Crippen LogP contribution in [-0.4, -0.2) is 46.7 Å². The molecule has 1 saturated heterocycles. The third kappa shape index (κ3) is 1.98. The topological polar surface area (TPSA) is 77.8 Å². The molecule has 0 bridgehead atoms. The van der Waals surface area contributed by atoms with E-state index in [1.54, 1.807) is 11.9 Å². The predicted molar refractivity (Wildman–Crippen MR) is 44.4 cm³/mol.